The van der Waals surface area contributed by atoms with Gasteiger partial charge in [-0.3, -0.25) is 0 Å². The SMILES string of the molecule is CCOC(=O)N(Cc1ccc(OC(F)(F)F)cc1)C[C@]1(O)CC[C@H]2C3=CC=C4C[C@@H](O)CC[C@]4(C)[C@H]3CC[C@@]21C. The summed E-state index contributed by atoms with van der Waals surface area (Å²) in [6.45, 7) is 6.52. The average Bonchev–Trinajstić information content (AvgIpc) is 3.15. The van der Waals surface area contributed by atoms with Crippen molar-refractivity contribution in [1.29, 1.82) is 0 Å². The van der Waals surface area contributed by atoms with Crippen LogP contribution in [0.4, 0.5) is 18.0 Å². The number of nitrogens with zero attached hydrogens (tertiary/aromatic N) is 1. The monoisotopic (exact) mass is 563 g/mol. The summed E-state index contributed by atoms with van der Waals surface area (Å²) in [6.07, 6.45) is 4.42. The van der Waals surface area contributed by atoms with Crippen LogP contribution < -0.4 is 4.74 Å². The zero-order valence-corrected chi connectivity index (χ0v) is 23.5. The third kappa shape index (κ3) is 5.15. The van der Waals surface area contributed by atoms with E-state index >= 15 is 0 Å². The van der Waals surface area contributed by atoms with Crippen molar-refractivity contribution in [3.05, 3.63) is 53.1 Å². The number of rotatable bonds is 6. The third-order valence-corrected chi connectivity index (χ3v) is 10.4. The van der Waals surface area contributed by atoms with Crippen LogP contribution in [0.2, 0.25) is 0 Å². The van der Waals surface area contributed by atoms with Crippen LogP contribution in [-0.4, -0.2) is 52.4 Å². The number of aliphatic hydroxyl groups excluding tert-OH is 1. The molecule has 3 fully saturated rings. The van der Waals surface area contributed by atoms with E-state index in [4.69, 9.17) is 4.74 Å². The van der Waals surface area contributed by atoms with Crippen molar-refractivity contribution in [1.82, 2.24) is 4.90 Å². The zero-order chi connectivity index (χ0) is 28.9. The van der Waals surface area contributed by atoms with Crippen molar-refractivity contribution in [2.45, 2.75) is 90.3 Å². The first-order chi connectivity index (χ1) is 18.8. The van der Waals surface area contributed by atoms with Crippen molar-refractivity contribution in [2.24, 2.45) is 22.7 Å². The maximum absolute atomic E-state index is 13.0. The average molecular weight is 564 g/mol. The Kier molecular flexibility index (Phi) is 7.53. The van der Waals surface area contributed by atoms with Crippen molar-refractivity contribution < 1.29 is 37.7 Å². The molecule has 3 saturated carbocycles. The minimum Gasteiger partial charge on any atom is -0.450 e. The molecular formula is C31H40F3NO5. The van der Waals surface area contributed by atoms with Crippen molar-refractivity contribution >= 4 is 6.09 Å². The number of hydrogen-bond donors (Lipinski definition) is 2. The number of amides is 1. The minimum absolute atomic E-state index is 0.0321. The smallest absolute Gasteiger partial charge is 0.450 e. The summed E-state index contributed by atoms with van der Waals surface area (Å²) in [5.74, 6) is 0.235. The normalized spacial score (nSPS) is 35.0. The van der Waals surface area contributed by atoms with E-state index in [-0.39, 0.29) is 42.9 Å². The quantitative estimate of drug-likeness (QED) is 0.412. The summed E-state index contributed by atoms with van der Waals surface area (Å²) < 4.78 is 47.0. The highest BCUT2D eigenvalue weighted by Crippen LogP contribution is 2.66. The van der Waals surface area contributed by atoms with Crippen molar-refractivity contribution in [2.75, 3.05) is 13.2 Å². The van der Waals surface area contributed by atoms with Gasteiger partial charge in [-0.05, 0) is 86.8 Å². The van der Waals surface area contributed by atoms with E-state index in [0.717, 1.165) is 38.5 Å². The Balaban J connectivity index is 1.37. The Hall–Kier alpha value is -2.52. The summed E-state index contributed by atoms with van der Waals surface area (Å²) in [5, 5.41) is 22.5. The molecule has 6 atom stereocenters. The molecule has 2 N–H and O–H groups in total. The van der Waals surface area contributed by atoms with Crippen LogP contribution in [-0.2, 0) is 11.3 Å². The number of aliphatic hydroxyl groups is 2. The molecule has 0 bridgehead atoms. The number of benzene rings is 1. The second-order valence-electron chi connectivity index (χ2n) is 12.6. The van der Waals surface area contributed by atoms with Gasteiger partial charge in [0.05, 0.1) is 24.9 Å². The number of hydrogen-bond acceptors (Lipinski definition) is 5. The standard InChI is InChI=1S/C31H40F3NO5/c1-4-39-27(37)35(18-20-5-8-23(9-6-20)40-31(32,33)34)19-30(38)16-13-26-24-10-7-21-17-22(36)11-14-28(21,2)25(24)12-15-29(26,30)3/h5-10,22,25-26,36,38H,4,11-19H2,1-3H3/t22-,25-,26-,28-,29-,30+/m0/s1. The molecule has 1 aromatic rings. The van der Waals surface area contributed by atoms with Crippen LogP contribution in [0.5, 0.6) is 5.75 Å². The van der Waals surface area contributed by atoms with Crippen LogP contribution in [0, 0.1) is 22.7 Å². The fraction of sp³-hybridized carbons (Fsp3) is 0.645. The lowest BCUT2D eigenvalue weighted by molar-refractivity contribution is -0.274. The number of carbonyl (C=O) groups is 1. The van der Waals surface area contributed by atoms with Gasteiger partial charge in [0.15, 0.2) is 0 Å². The van der Waals surface area contributed by atoms with Gasteiger partial charge < -0.3 is 24.6 Å². The lowest BCUT2D eigenvalue weighted by Crippen LogP contribution is -2.56. The molecule has 0 aliphatic heterocycles. The molecular weight excluding hydrogens is 523 g/mol. The van der Waals surface area contributed by atoms with Crippen molar-refractivity contribution in [3.63, 3.8) is 0 Å². The Bertz CT molecular complexity index is 1180. The summed E-state index contributed by atoms with van der Waals surface area (Å²) in [4.78, 5) is 14.5. The number of ether oxygens (including phenoxy) is 2. The predicted molar refractivity (Wildman–Crippen MR) is 143 cm³/mol. The zero-order valence-electron chi connectivity index (χ0n) is 23.5. The molecule has 6 nitrogen and oxygen atoms in total. The molecule has 220 valence electrons. The van der Waals surface area contributed by atoms with Gasteiger partial charge in [-0.2, -0.15) is 0 Å². The van der Waals surface area contributed by atoms with Gasteiger partial charge in [0, 0.05) is 12.0 Å². The molecule has 4 aliphatic rings. The fourth-order valence-corrected chi connectivity index (χ4v) is 8.09. The summed E-state index contributed by atoms with van der Waals surface area (Å²) in [6, 6.07) is 5.41. The number of allylic oxidation sites excluding steroid dienone is 3. The van der Waals surface area contributed by atoms with Crippen molar-refractivity contribution in [3.8, 4) is 5.75 Å². The second kappa shape index (κ2) is 10.4. The van der Waals surface area contributed by atoms with E-state index in [2.05, 4.69) is 30.7 Å². The molecule has 0 heterocycles. The van der Waals surface area contributed by atoms with E-state index < -0.39 is 23.5 Å². The van der Waals surface area contributed by atoms with Crippen LogP contribution >= 0.6 is 0 Å². The fourth-order valence-electron chi connectivity index (χ4n) is 8.09. The molecule has 1 aromatic carbocycles. The number of halogens is 3. The molecule has 5 rings (SSSR count). The third-order valence-electron chi connectivity index (χ3n) is 10.4. The molecule has 4 aliphatic carbocycles. The lowest BCUT2D eigenvalue weighted by Gasteiger charge is -2.56. The van der Waals surface area contributed by atoms with Gasteiger partial charge in [-0.1, -0.05) is 49.3 Å². The van der Waals surface area contributed by atoms with Gasteiger partial charge in [-0.25, -0.2) is 4.79 Å². The molecule has 0 radical (unpaired) electrons. The van der Waals surface area contributed by atoms with Crippen LogP contribution in [0.25, 0.3) is 0 Å². The molecule has 40 heavy (non-hydrogen) atoms. The van der Waals surface area contributed by atoms with Gasteiger partial charge in [-0.15, -0.1) is 13.2 Å². The Morgan fingerprint density at radius 1 is 1.05 bits per heavy atom. The van der Waals surface area contributed by atoms with E-state index in [1.807, 2.05) is 0 Å². The summed E-state index contributed by atoms with van der Waals surface area (Å²) >= 11 is 0. The van der Waals surface area contributed by atoms with Gasteiger partial charge in [0.2, 0.25) is 0 Å². The second-order valence-corrected chi connectivity index (χ2v) is 12.6. The molecule has 0 spiro atoms. The largest absolute Gasteiger partial charge is 0.573 e. The molecule has 0 aromatic heterocycles. The highest BCUT2D eigenvalue weighted by atomic mass is 19.4. The summed E-state index contributed by atoms with van der Waals surface area (Å²) in [7, 11) is 0. The predicted octanol–water partition coefficient (Wildman–Crippen LogP) is 6.52. The minimum atomic E-state index is -4.78. The van der Waals surface area contributed by atoms with Gasteiger partial charge in [0.25, 0.3) is 0 Å². The van der Waals surface area contributed by atoms with Crippen LogP contribution in [0.15, 0.2) is 47.6 Å². The lowest BCUT2D eigenvalue weighted by atomic mass is 9.50. The van der Waals surface area contributed by atoms with E-state index in [1.165, 1.54) is 40.3 Å². The molecule has 0 saturated heterocycles. The first-order valence-electron chi connectivity index (χ1n) is 14.4. The van der Waals surface area contributed by atoms with Crippen LogP contribution in [0.1, 0.15) is 71.3 Å². The van der Waals surface area contributed by atoms with Crippen LogP contribution in [0.3, 0.4) is 0 Å². The Morgan fingerprint density at radius 2 is 1.75 bits per heavy atom. The Labute approximate surface area is 233 Å². The van der Waals surface area contributed by atoms with E-state index in [9.17, 15) is 28.2 Å². The molecule has 0 unspecified atom stereocenters. The maximum atomic E-state index is 13.0. The molecule has 1 amide bonds. The highest BCUT2D eigenvalue weighted by molar-refractivity contribution is 5.68. The molecule has 9 heteroatoms. The topological polar surface area (TPSA) is 79.2 Å². The Morgan fingerprint density at radius 3 is 2.42 bits per heavy atom. The first-order valence-corrected chi connectivity index (χ1v) is 14.4. The number of carbonyl (C=O) groups excluding carboxylic acids is 1. The van der Waals surface area contributed by atoms with Gasteiger partial charge in [0.1, 0.15) is 5.75 Å². The van der Waals surface area contributed by atoms with E-state index in [0.29, 0.717) is 17.9 Å². The van der Waals surface area contributed by atoms with E-state index in [1.54, 1.807) is 6.92 Å². The highest BCUT2D eigenvalue weighted by Gasteiger charge is 2.62. The van der Waals surface area contributed by atoms with Gasteiger partial charge >= 0.3 is 12.5 Å². The maximum Gasteiger partial charge on any atom is 0.573 e. The summed E-state index contributed by atoms with van der Waals surface area (Å²) in [5.41, 5.74) is 1.76. The first kappa shape index (κ1) is 29.0. The number of fused-ring (bicyclic) bond motifs is 5. The number of alkyl halides is 3.